The molecule has 0 aliphatic heterocycles. The van der Waals surface area contributed by atoms with Crippen LogP contribution in [0.15, 0.2) is 42.1 Å². The highest BCUT2D eigenvalue weighted by molar-refractivity contribution is 6.31. The van der Waals surface area contributed by atoms with E-state index in [1.807, 2.05) is 16.8 Å². The van der Waals surface area contributed by atoms with Gasteiger partial charge in [0.2, 0.25) is 0 Å². The van der Waals surface area contributed by atoms with Crippen LogP contribution in [0, 0.1) is 0 Å². The van der Waals surface area contributed by atoms with Gasteiger partial charge < -0.3 is 20.8 Å². The second-order valence-corrected chi connectivity index (χ2v) is 4.68. The van der Waals surface area contributed by atoms with Gasteiger partial charge in [-0.1, -0.05) is 28.9 Å². The summed E-state index contributed by atoms with van der Waals surface area (Å²) in [5, 5.41) is 15.4. The Morgan fingerprint density at radius 1 is 1.50 bits per heavy atom. The number of oxime groups is 1. The van der Waals surface area contributed by atoms with Crippen LogP contribution in [0.4, 0.5) is 0 Å². The van der Waals surface area contributed by atoms with Crippen molar-refractivity contribution in [2.24, 2.45) is 10.9 Å². The van der Waals surface area contributed by atoms with Crippen LogP contribution < -0.4 is 11.1 Å². The molecular weight excluding hydrogens is 278 g/mol. The van der Waals surface area contributed by atoms with Crippen molar-refractivity contribution >= 4 is 17.4 Å². The Kier molecular flexibility index (Phi) is 4.97. The number of aromatic nitrogens is 2. The van der Waals surface area contributed by atoms with Gasteiger partial charge in [0.15, 0.2) is 5.84 Å². The molecule has 0 spiro atoms. The van der Waals surface area contributed by atoms with Gasteiger partial charge in [0, 0.05) is 42.6 Å². The molecule has 106 valence electrons. The molecule has 7 heteroatoms. The van der Waals surface area contributed by atoms with Crippen LogP contribution in [-0.2, 0) is 13.1 Å². The number of nitrogens with zero attached hydrogens (tertiary/aromatic N) is 3. The predicted molar refractivity (Wildman–Crippen MR) is 77.9 cm³/mol. The molecule has 1 aromatic heterocycles. The molecular formula is C13H16ClN5O. The summed E-state index contributed by atoms with van der Waals surface area (Å²) in [6.07, 6.45) is 5.45. The molecule has 2 rings (SSSR count). The summed E-state index contributed by atoms with van der Waals surface area (Å²) in [5.41, 5.74) is 7.07. The maximum atomic E-state index is 8.61. The van der Waals surface area contributed by atoms with Crippen LogP contribution in [0.25, 0.3) is 0 Å². The lowest BCUT2D eigenvalue weighted by Gasteiger charge is -2.08. The van der Waals surface area contributed by atoms with Gasteiger partial charge in [0.1, 0.15) is 0 Å². The summed E-state index contributed by atoms with van der Waals surface area (Å²) < 4.78 is 2.00. The number of halogens is 1. The Balaban J connectivity index is 1.87. The summed E-state index contributed by atoms with van der Waals surface area (Å²) in [7, 11) is 0. The number of amidine groups is 1. The highest BCUT2D eigenvalue weighted by atomic mass is 35.5. The van der Waals surface area contributed by atoms with E-state index in [-0.39, 0.29) is 5.84 Å². The minimum Gasteiger partial charge on any atom is -0.409 e. The zero-order chi connectivity index (χ0) is 14.4. The zero-order valence-corrected chi connectivity index (χ0v) is 11.6. The molecule has 0 atom stereocenters. The number of nitrogens with one attached hydrogen (secondary N) is 1. The molecule has 20 heavy (non-hydrogen) atoms. The van der Waals surface area contributed by atoms with Gasteiger partial charge in [-0.15, -0.1) is 0 Å². The molecule has 0 unspecified atom stereocenters. The van der Waals surface area contributed by atoms with Crippen LogP contribution in [-0.4, -0.2) is 27.1 Å². The van der Waals surface area contributed by atoms with Gasteiger partial charge in [0.05, 0.1) is 6.33 Å². The number of benzene rings is 1. The maximum absolute atomic E-state index is 8.61. The molecule has 1 aromatic carbocycles. The standard InChI is InChI=1S/C13H16ClN5O/c14-12-7-10(13(15)18-20)1-2-11(12)8-16-3-5-19-6-4-17-9-19/h1-2,4,6-7,9,16,20H,3,5,8H2,(H2,15,18). The van der Waals surface area contributed by atoms with Crippen molar-refractivity contribution in [3.05, 3.63) is 53.1 Å². The van der Waals surface area contributed by atoms with Crippen LogP contribution in [0.5, 0.6) is 0 Å². The molecule has 6 nitrogen and oxygen atoms in total. The lowest BCUT2D eigenvalue weighted by atomic mass is 10.1. The van der Waals surface area contributed by atoms with Crippen molar-refractivity contribution in [2.75, 3.05) is 6.54 Å². The third kappa shape index (κ3) is 3.72. The predicted octanol–water partition coefficient (Wildman–Crippen LogP) is 1.42. The molecule has 0 aliphatic carbocycles. The third-order valence-corrected chi connectivity index (χ3v) is 3.23. The molecule has 0 saturated carbocycles. The van der Waals surface area contributed by atoms with E-state index in [0.717, 1.165) is 18.7 Å². The normalized spacial score (nSPS) is 11.8. The smallest absolute Gasteiger partial charge is 0.170 e. The Labute approximate surface area is 121 Å². The molecule has 0 amide bonds. The maximum Gasteiger partial charge on any atom is 0.170 e. The number of imidazole rings is 1. The highest BCUT2D eigenvalue weighted by Gasteiger charge is 2.04. The SMILES string of the molecule is N/C(=N/O)c1ccc(CNCCn2ccnc2)c(Cl)c1. The van der Waals surface area contributed by atoms with E-state index in [1.165, 1.54) is 0 Å². The second-order valence-electron chi connectivity index (χ2n) is 4.27. The summed E-state index contributed by atoms with van der Waals surface area (Å²) in [4.78, 5) is 3.98. The van der Waals surface area contributed by atoms with Crippen molar-refractivity contribution in [3.8, 4) is 0 Å². The topological polar surface area (TPSA) is 88.5 Å². The van der Waals surface area contributed by atoms with Gasteiger partial charge in [-0.2, -0.15) is 0 Å². The van der Waals surface area contributed by atoms with Gasteiger partial charge in [-0.3, -0.25) is 0 Å². The lowest BCUT2D eigenvalue weighted by Crippen LogP contribution is -2.19. The quantitative estimate of drug-likeness (QED) is 0.247. The van der Waals surface area contributed by atoms with Crippen molar-refractivity contribution in [3.63, 3.8) is 0 Å². The molecule has 0 aliphatic rings. The molecule has 0 radical (unpaired) electrons. The summed E-state index contributed by atoms with van der Waals surface area (Å²) in [6, 6.07) is 5.32. The number of hydrogen-bond donors (Lipinski definition) is 3. The van der Waals surface area contributed by atoms with Crippen LogP contribution in [0.2, 0.25) is 5.02 Å². The van der Waals surface area contributed by atoms with E-state index in [0.29, 0.717) is 17.1 Å². The minimum atomic E-state index is 0.0477. The first-order valence-corrected chi connectivity index (χ1v) is 6.51. The average Bonchev–Trinajstić information content (AvgIpc) is 2.97. The van der Waals surface area contributed by atoms with Crippen molar-refractivity contribution in [1.82, 2.24) is 14.9 Å². The summed E-state index contributed by atoms with van der Waals surface area (Å²) in [5.74, 6) is 0.0477. The van der Waals surface area contributed by atoms with Crippen LogP contribution in [0.3, 0.4) is 0 Å². The Hall–Kier alpha value is -2.05. The Morgan fingerprint density at radius 2 is 2.35 bits per heavy atom. The average molecular weight is 294 g/mol. The first kappa shape index (κ1) is 14.4. The van der Waals surface area contributed by atoms with Gasteiger partial charge >= 0.3 is 0 Å². The number of nitrogens with two attached hydrogens (primary N) is 1. The molecule has 1 heterocycles. The lowest BCUT2D eigenvalue weighted by molar-refractivity contribution is 0.318. The van der Waals surface area contributed by atoms with E-state index >= 15 is 0 Å². The molecule has 4 N–H and O–H groups in total. The fourth-order valence-electron chi connectivity index (χ4n) is 1.76. The van der Waals surface area contributed by atoms with Gasteiger partial charge in [-0.05, 0) is 11.6 Å². The number of hydrogen-bond acceptors (Lipinski definition) is 4. The minimum absolute atomic E-state index is 0.0477. The summed E-state index contributed by atoms with van der Waals surface area (Å²) in [6.45, 7) is 2.32. The molecule has 0 bridgehead atoms. The fourth-order valence-corrected chi connectivity index (χ4v) is 2.01. The first-order chi connectivity index (χ1) is 9.70. The van der Waals surface area contributed by atoms with E-state index in [1.54, 1.807) is 24.7 Å². The molecule has 0 fully saturated rings. The van der Waals surface area contributed by atoms with E-state index < -0.39 is 0 Å². The van der Waals surface area contributed by atoms with Gasteiger partial charge in [-0.25, -0.2) is 4.98 Å². The monoisotopic (exact) mass is 293 g/mol. The molecule has 2 aromatic rings. The van der Waals surface area contributed by atoms with Crippen molar-refractivity contribution in [2.45, 2.75) is 13.1 Å². The van der Waals surface area contributed by atoms with Crippen LogP contribution in [0.1, 0.15) is 11.1 Å². The number of rotatable bonds is 6. The van der Waals surface area contributed by atoms with Crippen molar-refractivity contribution < 1.29 is 5.21 Å². The van der Waals surface area contributed by atoms with E-state index in [2.05, 4.69) is 15.5 Å². The fraction of sp³-hybridized carbons (Fsp3) is 0.231. The van der Waals surface area contributed by atoms with Gasteiger partial charge in [0.25, 0.3) is 0 Å². The first-order valence-electron chi connectivity index (χ1n) is 6.13. The Morgan fingerprint density at radius 3 is 3.00 bits per heavy atom. The van der Waals surface area contributed by atoms with Crippen LogP contribution >= 0.6 is 11.6 Å². The largest absolute Gasteiger partial charge is 0.409 e. The highest BCUT2D eigenvalue weighted by Crippen LogP contribution is 2.17. The summed E-state index contributed by atoms with van der Waals surface area (Å²) >= 11 is 6.16. The van der Waals surface area contributed by atoms with Crippen molar-refractivity contribution in [1.29, 1.82) is 0 Å². The van der Waals surface area contributed by atoms with E-state index in [9.17, 15) is 0 Å². The third-order valence-electron chi connectivity index (χ3n) is 2.88. The zero-order valence-electron chi connectivity index (χ0n) is 10.8. The molecule has 0 saturated heterocycles. The second kappa shape index (κ2) is 6.93. The Bertz CT molecular complexity index is 582. The van der Waals surface area contributed by atoms with E-state index in [4.69, 9.17) is 22.5 Å².